The molecule has 3 aliphatic heterocycles. The van der Waals surface area contributed by atoms with Crippen molar-refractivity contribution in [1.29, 1.82) is 0 Å². The van der Waals surface area contributed by atoms with E-state index in [0.29, 0.717) is 24.4 Å². The van der Waals surface area contributed by atoms with Gasteiger partial charge in [-0.2, -0.15) is 0 Å². The molecule has 4 saturated carbocycles. The second-order valence-electron chi connectivity index (χ2n) is 6.72. The summed E-state index contributed by atoms with van der Waals surface area (Å²) in [5.41, 5.74) is 0.523. The van der Waals surface area contributed by atoms with Crippen LogP contribution < -0.4 is 0 Å². The summed E-state index contributed by atoms with van der Waals surface area (Å²) in [6.45, 7) is 0. The first-order chi connectivity index (χ1) is 7.38. The lowest BCUT2D eigenvalue weighted by molar-refractivity contribution is 0.0135. The monoisotopic (exact) mass is 204 g/mol. The first-order valence-electron chi connectivity index (χ1n) is 6.39. The van der Waals surface area contributed by atoms with E-state index in [9.17, 15) is 0 Å². The Bertz CT molecular complexity index is 378. The van der Waals surface area contributed by atoms with Crippen molar-refractivity contribution in [3.63, 3.8) is 0 Å². The summed E-state index contributed by atoms with van der Waals surface area (Å²) >= 11 is 0. The van der Waals surface area contributed by atoms with Gasteiger partial charge in [0.2, 0.25) is 0 Å². The molecule has 0 aromatic heterocycles. The van der Waals surface area contributed by atoms with Crippen molar-refractivity contribution in [3.05, 3.63) is 0 Å². The van der Waals surface area contributed by atoms with Gasteiger partial charge in [0.25, 0.3) is 0 Å². The third kappa shape index (κ3) is 0.369. The average molecular weight is 204 g/mol. The lowest BCUT2D eigenvalue weighted by Crippen LogP contribution is -2.44. The molecule has 0 N–H and O–H groups in total. The van der Waals surface area contributed by atoms with Crippen molar-refractivity contribution >= 4 is 0 Å². The van der Waals surface area contributed by atoms with Crippen LogP contribution in [0.5, 0.6) is 0 Å². The second-order valence-corrected chi connectivity index (χ2v) is 6.72. The Kier molecular flexibility index (Phi) is 0.604. The molecular formula is C12H12O3. The van der Waals surface area contributed by atoms with E-state index >= 15 is 0 Å². The molecule has 0 radical (unpaired) electrons. The highest BCUT2D eigenvalue weighted by molar-refractivity contribution is 5.47. The first kappa shape index (κ1) is 6.58. The number of hydrogen-bond donors (Lipinski definition) is 0. The van der Waals surface area contributed by atoms with E-state index in [1.807, 2.05) is 0 Å². The van der Waals surface area contributed by atoms with Gasteiger partial charge in [0.05, 0.1) is 24.4 Å². The Morgan fingerprint density at radius 1 is 0.667 bits per heavy atom. The highest BCUT2D eigenvalue weighted by Gasteiger charge is 3.00. The topological polar surface area (TPSA) is 37.6 Å². The highest BCUT2D eigenvalue weighted by atomic mass is 16.7. The zero-order chi connectivity index (χ0) is 9.15. The van der Waals surface area contributed by atoms with E-state index in [1.54, 1.807) is 0 Å². The summed E-state index contributed by atoms with van der Waals surface area (Å²) in [6.07, 6.45) is 5.15. The van der Waals surface area contributed by atoms with Gasteiger partial charge in [-0.3, -0.25) is 0 Å². The fourth-order valence-corrected chi connectivity index (χ4v) is 6.59. The van der Waals surface area contributed by atoms with Crippen LogP contribution >= 0.6 is 0 Å². The van der Waals surface area contributed by atoms with Gasteiger partial charge in [-0.05, 0) is 12.8 Å². The van der Waals surface area contributed by atoms with Crippen molar-refractivity contribution in [2.45, 2.75) is 48.5 Å². The molecule has 7 fully saturated rings. The molecule has 3 nitrogen and oxygen atoms in total. The van der Waals surface area contributed by atoms with Crippen molar-refractivity contribution in [2.24, 2.45) is 23.7 Å². The Morgan fingerprint density at radius 2 is 1.07 bits per heavy atom. The summed E-state index contributed by atoms with van der Waals surface area (Å²) in [6, 6.07) is 0. The van der Waals surface area contributed by atoms with Gasteiger partial charge in [0, 0.05) is 23.7 Å². The quantitative estimate of drug-likeness (QED) is 0.534. The van der Waals surface area contributed by atoms with Crippen molar-refractivity contribution in [2.75, 3.05) is 0 Å². The predicted octanol–water partition coefficient (Wildman–Crippen LogP) is 0.328. The number of rotatable bonds is 0. The summed E-state index contributed by atoms with van der Waals surface area (Å²) in [5, 5.41) is 0. The van der Waals surface area contributed by atoms with Gasteiger partial charge in [-0.15, -0.1) is 0 Å². The number of fused-ring (bicyclic) bond motifs is 10. The minimum atomic E-state index is 0.262. The molecule has 15 heavy (non-hydrogen) atoms. The minimum Gasteiger partial charge on any atom is -0.369 e. The Morgan fingerprint density at radius 3 is 1.47 bits per heavy atom. The zero-order valence-electron chi connectivity index (χ0n) is 8.26. The van der Waals surface area contributed by atoms with E-state index in [2.05, 4.69) is 0 Å². The summed E-state index contributed by atoms with van der Waals surface area (Å²) in [5.74, 6) is 2.97. The molecule has 7 rings (SSSR count). The molecule has 78 valence electrons. The normalized spacial score (nSPS) is 91.2. The maximum atomic E-state index is 6.38. The molecule has 3 saturated heterocycles. The molecule has 0 aromatic carbocycles. The molecule has 0 aromatic rings. The molecule has 0 amide bonds. The van der Waals surface area contributed by atoms with Gasteiger partial charge in [-0.1, -0.05) is 0 Å². The van der Waals surface area contributed by atoms with E-state index in [-0.39, 0.29) is 11.2 Å². The van der Waals surface area contributed by atoms with Crippen molar-refractivity contribution in [3.8, 4) is 0 Å². The predicted molar refractivity (Wildman–Crippen MR) is 47.1 cm³/mol. The molecular weight excluding hydrogens is 192 g/mol. The lowest BCUT2D eigenvalue weighted by atomic mass is 9.71. The van der Waals surface area contributed by atoms with Crippen LogP contribution in [-0.4, -0.2) is 35.6 Å². The molecule has 3 heteroatoms. The zero-order valence-corrected chi connectivity index (χ0v) is 8.26. The third-order valence-corrected chi connectivity index (χ3v) is 6.84. The molecule has 8 atom stereocenters. The molecule has 0 spiro atoms. The van der Waals surface area contributed by atoms with Gasteiger partial charge in [0.15, 0.2) is 0 Å². The second kappa shape index (κ2) is 1.38. The Balaban J connectivity index is 1.57. The van der Waals surface area contributed by atoms with Gasteiger partial charge >= 0.3 is 0 Å². The number of epoxide rings is 3. The lowest BCUT2D eigenvalue weighted by Gasteiger charge is -2.23. The number of hydrogen-bond acceptors (Lipinski definition) is 3. The van der Waals surface area contributed by atoms with Gasteiger partial charge in [0.1, 0.15) is 11.2 Å². The van der Waals surface area contributed by atoms with Crippen LogP contribution in [0.2, 0.25) is 0 Å². The number of ether oxygens (including phenoxy) is 3. The van der Waals surface area contributed by atoms with Crippen LogP contribution in [0, 0.1) is 23.7 Å². The average Bonchev–Trinajstić information content (AvgIpc) is 3.20. The molecule has 4 aliphatic carbocycles. The fourth-order valence-electron chi connectivity index (χ4n) is 6.59. The van der Waals surface area contributed by atoms with E-state index in [4.69, 9.17) is 14.2 Å². The SMILES string of the molecule is C1[C@H]2[C@@H]3O[C@@H]3[C@H]1C13OC21[C@H]1C[C@H]3[C@H]2O[C@H]21. The summed E-state index contributed by atoms with van der Waals surface area (Å²) in [4.78, 5) is 0. The largest absolute Gasteiger partial charge is 0.369 e. The van der Waals surface area contributed by atoms with Crippen LogP contribution in [0.4, 0.5) is 0 Å². The van der Waals surface area contributed by atoms with Gasteiger partial charge in [-0.25, -0.2) is 0 Å². The standard InChI is InChI=1S/C12H12O3/c1-3-7-8(13-7)4(1)12-6-2-5(9-10(6)14-9)11(3,12)15-12/h3-10H,1-2H2/t3-,4-,5-,6-,7-,8+,9-,10+,11?,12?/m0/s1. The van der Waals surface area contributed by atoms with E-state index in [1.165, 1.54) is 12.8 Å². The van der Waals surface area contributed by atoms with E-state index in [0.717, 1.165) is 23.7 Å². The third-order valence-electron chi connectivity index (χ3n) is 6.84. The summed E-state index contributed by atoms with van der Waals surface area (Å²) in [7, 11) is 0. The van der Waals surface area contributed by atoms with Crippen LogP contribution in [0.25, 0.3) is 0 Å². The van der Waals surface area contributed by atoms with Gasteiger partial charge < -0.3 is 14.2 Å². The Labute approximate surface area is 87.1 Å². The molecule has 4 bridgehead atoms. The summed E-state index contributed by atoms with van der Waals surface area (Å²) < 4.78 is 18.0. The minimum absolute atomic E-state index is 0.262. The van der Waals surface area contributed by atoms with Crippen LogP contribution in [0.3, 0.4) is 0 Å². The van der Waals surface area contributed by atoms with Crippen molar-refractivity contribution < 1.29 is 14.2 Å². The molecule has 7 aliphatic rings. The molecule has 0 unspecified atom stereocenters. The fraction of sp³-hybridized carbons (Fsp3) is 1.00. The maximum Gasteiger partial charge on any atom is 0.109 e. The Hall–Kier alpha value is -0.120. The maximum absolute atomic E-state index is 6.38. The molecule has 3 heterocycles. The van der Waals surface area contributed by atoms with Crippen LogP contribution in [0.1, 0.15) is 12.8 Å². The van der Waals surface area contributed by atoms with Crippen molar-refractivity contribution in [1.82, 2.24) is 0 Å². The first-order valence-corrected chi connectivity index (χ1v) is 6.39. The van der Waals surface area contributed by atoms with E-state index < -0.39 is 0 Å². The highest BCUT2D eigenvalue weighted by Crippen LogP contribution is 2.88. The van der Waals surface area contributed by atoms with Crippen LogP contribution in [-0.2, 0) is 14.2 Å². The van der Waals surface area contributed by atoms with Crippen LogP contribution in [0.15, 0.2) is 0 Å². The smallest absolute Gasteiger partial charge is 0.109 e.